The zero-order valence-electron chi connectivity index (χ0n) is 13.5. The van der Waals surface area contributed by atoms with Crippen molar-refractivity contribution in [2.45, 2.75) is 12.8 Å². The van der Waals surface area contributed by atoms with Gasteiger partial charge in [-0.3, -0.25) is 4.79 Å². The molecule has 24 heavy (non-hydrogen) atoms. The van der Waals surface area contributed by atoms with Gasteiger partial charge in [0, 0.05) is 12.1 Å². The van der Waals surface area contributed by atoms with Crippen molar-refractivity contribution in [3.63, 3.8) is 0 Å². The molecule has 0 bridgehead atoms. The summed E-state index contributed by atoms with van der Waals surface area (Å²) in [6, 6.07) is 16.8. The van der Waals surface area contributed by atoms with Crippen LogP contribution in [0.3, 0.4) is 0 Å². The number of amides is 1. The predicted octanol–water partition coefficient (Wildman–Crippen LogP) is 3.63. The number of hydrogen-bond acceptors (Lipinski definition) is 3. The molecule has 128 valence electrons. The lowest BCUT2D eigenvalue weighted by atomic mass is 10.00. The summed E-state index contributed by atoms with van der Waals surface area (Å²) in [7, 11) is 0. The first kappa shape index (κ1) is 18.3. The molecule has 0 aliphatic carbocycles. The second-order valence-corrected chi connectivity index (χ2v) is 5.86. The van der Waals surface area contributed by atoms with E-state index in [1.54, 1.807) is 12.1 Å². The van der Waals surface area contributed by atoms with Gasteiger partial charge in [0.1, 0.15) is 11.5 Å². The molecule has 1 atom stereocenters. The first-order valence-electron chi connectivity index (χ1n) is 8.13. The van der Waals surface area contributed by atoms with Gasteiger partial charge in [-0.25, -0.2) is 0 Å². The van der Waals surface area contributed by atoms with E-state index in [9.17, 15) is 4.79 Å². The van der Waals surface area contributed by atoms with E-state index in [-0.39, 0.29) is 18.3 Å². The van der Waals surface area contributed by atoms with Gasteiger partial charge in [-0.2, -0.15) is 0 Å². The van der Waals surface area contributed by atoms with E-state index in [0.29, 0.717) is 11.5 Å². The van der Waals surface area contributed by atoms with Crippen molar-refractivity contribution in [2.24, 2.45) is 5.92 Å². The summed E-state index contributed by atoms with van der Waals surface area (Å²) in [6.45, 7) is 2.81. The number of carbonyl (C=O) groups is 1. The maximum absolute atomic E-state index is 12.2. The van der Waals surface area contributed by atoms with Gasteiger partial charge in [-0.1, -0.05) is 18.2 Å². The monoisotopic (exact) mass is 346 g/mol. The van der Waals surface area contributed by atoms with Crippen LogP contribution in [0.4, 0.5) is 0 Å². The zero-order valence-corrected chi connectivity index (χ0v) is 14.4. The van der Waals surface area contributed by atoms with Crippen LogP contribution in [-0.4, -0.2) is 25.5 Å². The van der Waals surface area contributed by atoms with Gasteiger partial charge in [0.25, 0.3) is 5.91 Å². The van der Waals surface area contributed by atoms with Crippen LogP contribution in [0.15, 0.2) is 54.6 Å². The van der Waals surface area contributed by atoms with Crippen LogP contribution in [0.25, 0.3) is 0 Å². The quantitative estimate of drug-likeness (QED) is 0.869. The van der Waals surface area contributed by atoms with E-state index < -0.39 is 0 Å². The first-order chi connectivity index (χ1) is 11.3. The Morgan fingerprint density at radius 2 is 1.79 bits per heavy atom. The molecular formula is C19H23ClN2O2. The molecule has 4 nitrogen and oxygen atoms in total. The average molecular weight is 347 g/mol. The van der Waals surface area contributed by atoms with Crippen molar-refractivity contribution in [2.75, 3.05) is 19.6 Å². The maximum atomic E-state index is 12.2. The molecule has 1 amide bonds. The van der Waals surface area contributed by atoms with E-state index in [1.165, 1.54) is 12.8 Å². The Bertz CT molecular complexity index is 626. The van der Waals surface area contributed by atoms with Crippen LogP contribution in [-0.2, 0) is 0 Å². The van der Waals surface area contributed by atoms with Crippen LogP contribution in [0.5, 0.6) is 11.5 Å². The lowest BCUT2D eigenvalue weighted by Crippen LogP contribution is -2.38. The molecule has 3 rings (SSSR count). The Labute approximate surface area is 149 Å². The van der Waals surface area contributed by atoms with Gasteiger partial charge in [0.15, 0.2) is 0 Å². The van der Waals surface area contributed by atoms with E-state index in [4.69, 9.17) is 4.74 Å². The van der Waals surface area contributed by atoms with Crippen molar-refractivity contribution >= 4 is 18.3 Å². The van der Waals surface area contributed by atoms with Crippen molar-refractivity contribution in [3.8, 4) is 11.5 Å². The summed E-state index contributed by atoms with van der Waals surface area (Å²) >= 11 is 0. The largest absolute Gasteiger partial charge is 0.457 e. The fraction of sp³-hybridized carbons (Fsp3) is 0.316. The fourth-order valence-corrected chi connectivity index (χ4v) is 2.74. The topological polar surface area (TPSA) is 50.4 Å². The highest BCUT2D eigenvalue weighted by Crippen LogP contribution is 2.21. The molecule has 5 heteroatoms. The minimum Gasteiger partial charge on any atom is -0.457 e. The number of para-hydroxylation sites is 1. The summed E-state index contributed by atoms with van der Waals surface area (Å²) in [5.41, 5.74) is 0.661. The summed E-state index contributed by atoms with van der Waals surface area (Å²) in [4.78, 5) is 12.2. The van der Waals surface area contributed by atoms with Crippen LogP contribution in [0, 0.1) is 5.92 Å². The third-order valence-electron chi connectivity index (χ3n) is 4.05. The average Bonchev–Trinajstić information content (AvgIpc) is 2.62. The summed E-state index contributed by atoms with van der Waals surface area (Å²) in [5.74, 6) is 2.02. The molecule has 1 saturated heterocycles. The number of benzene rings is 2. The minimum absolute atomic E-state index is 0. The lowest BCUT2D eigenvalue weighted by Gasteiger charge is -2.22. The number of rotatable bonds is 5. The highest BCUT2D eigenvalue weighted by atomic mass is 35.5. The molecule has 2 aromatic rings. The normalized spacial score (nSPS) is 16.8. The molecule has 2 aromatic carbocycles. The number of hydrogen-bond donors (Lipinski definition) is 2. The van der Waals surface area contributed by atoms with Crippen molar-refractivity contribution < 1.29 is 9.53 Å². The lowest BCUT2D eigenvalue weighted by molar-refractivity contribution is 0.0945. The molecule has 0 spiro atoms. The van der Waals surface area contributed by atoms with Crippen LogP contribution in [0.1, 0.15) is 23.2 Å². The van der Waals surface area contributed by atoms with E-state index in [1.807, 2.05) is 42.5 Å². The van der Waals surface area contributed by atoms with Gasteiger partial charge in [-0.15, -0.1) is 12.4 Å². The molecule has 0 radical (unpaired) electrons. The summed E-state index contributed by atoms with van der Waals surface area (Å²) in [5, 5.41) is 6.38. The molecule has 0 aromatic heterocycles. The molecule has 0 saturated carbocycles. The first-order valence-corrected chi connectivity index (χ1v) is 8.13. The number of nitrogens with one attached hydrogen (secondary N) is 2. The highest BCUT2D eigenvalue weighted by molar-refractivity contribution is 5.94. The van der Waals surface area contributed by atoms with Gasteiger partial charge in [0.05, 0.1) is 0 Å². The van der Waals surface area contributed by atoms with Crippen LogP contribution >= 0.6 is 12.4 Å². The molecule has 2 N–H and O–H groups in total. The second-order valence-electron chi connectivity index (χ2n) is 5.86. The number of carbonyl (C=O) groups excluding carboxylic acids is 1. The van der Waals surface area contributed by atoms with Crippen LogP contribution in [0.2, 0.25) is 0 Å². The Balaban J connectivity index is 0.00000208. The summed E-state index contributed by atoms with van der Waals surface area (Å²) < 4.78 is 5.73. The molecule has 1 aliphatic rings. The standard InChI is InChI=1S/C19H22N2O2.ClH/c22-19(21-14-15-5-4-12-20-13-15)16-8-10-18(11-9-16)23-17-6-2-1-3-7-17;/h1-3,6-11,15,20H,4-5,12-14H2,(H,21,22);1H. The van der Waals surface area contributed by atoms with Gasteiger partial charge in [0.2, 0.25) is 0 Å². The Kier molecular flexibility index (Phi) is 7.09. The van der Waals surface area contributed by atoms with Gasteiger partial charge < -0.3 is 15.4 Å². The molecule has 1 unspecified atom stereocenters. The van der Waals surface area contributed by atoms with Crippen LogP contribution < -0.4 is 15.4 Å². The van der Waals surface area contributed by atoms with E-state index >= 15 is 0 Å². The smallest absolute Gasteiger partial charge is 0.251 e. The van der Waals surface area contributed by atoms with Crippen molar-refractivity contribution in [1.82, 2.24) is 10.6 Å². The van der Waals surface area contributed by atoms with E-state index in [0.717, 1.165) is 31.1 Å². The highest BCUT2D eigenvalue weighted by Gasteiger charge is 2.14. The van der Waals surface area contributed by atoms with Crippen molar-refractivity contribution in [1.29, 1.82) is 0 Å². The zero-order chi connectivity index (χ0) is 15.9. The Morgan fingerprint density at radius 3 is 2.46 bits per heavy atom. The van der Waals surface area contributed by atoms with Gasteiger partial charge in [-0.05, 0) is 68.2 Å². The van der Waals surface area contributed by atoms with E-state index in [2.05, 4.69) is 10.6 Å². The minimum atomic E-state index is -0.0261. The molecular weight excluding hydrogens is 324 g/mol. The number of halogens is 1. The third kappa shape index (κ3) is 5.25. The number of piperidine rings is 1. The SMILES string of the molecule is Cl.O=C(NCC1CCCNC1)c1ccc(Oc2ccccc2)cc1. The summed E-state index contributed by atoms with van der Waals surface area (Å²) in [6.07, 6.45) is 2.36. The maximum Gasteiger partial charge on any atom is 0.251 e. The fourth-order valence-electron chi connectivity index (χ4n) is 2.74. The molecule has 1 aliphatic heterocycles. The van der Waals surface area contributed by atoms with Gasteiger partial charge >= 0.3 is 0 Å². The van der Waals surface area contributed by atoms with Crippen molar-refractivity contribution in [3.05, 3.63) is 60.2 Å². The third-order valence-corrected chi connectivity index (χ3v) is 4.05. The second kappa shape index (κ2) is 9.30. The molecule has 1 heterocycles. The molecule has 1 fully saturated rings. The Hall–Kier alpha value is -2.04. The Morgan fingerprint density at radius 1 is 1.08 bits per heavy atom. The number of ether oxygens (including phenoxy) is 1. The predicted molar refractivity (Wildman–Crippen MR) is 98.1 cm³/mol.